The fraction of sp³-hybridized carbons (Fsp3) is 0.118. The zero-order chi connectivity index (χ0) is 16.4. The van der Waals surface area contributed by atoms with Gasteiger partial charge in [0.05, 0.1) is 22.3 Å². The van der Waals surface area contributed by atoms with Gasteiger partial charge in [-0.15, -0.1) is 11.3 Å². The molecule has 0 fully saturated rings. The summed E-state index contributed by atoms with van der Waals surface area (Å²) in [6.07, 6.45) is 0. The van der Waals surface area contributed by atoms with E-state index in [2.05, 4.69) is 5.32 Å². The quantitative estimate of drug-likeness (QED) is 0.628. The van der Waals surface area contributed by atoms with E-state index < -0.39 is 0 Å². The third-order valence-corrected chi connectivity index (χ3v) is 5.22. The number of anilines is 1. The second kappa shape index (κ2) is 6.79. The maximum absolute atomic E-state index is 12.6. The van der Waals surface area contributed by atoms with Crippen LogP contribution in [-0.4, -0.2) is 12.5 Å². The van der Waals surface area contributed by atoms with Crippen molar-refractivity contribution in [1.29, 1.82) is 0 Å². The van der Waals surface area contributed by atoms with Crippen LogP contribution >= 0.6 is 34.5 Å². The van der Waals surface area contributed by atoms with Gasteiger partial charge in [0.15, 0.2) is 5.75 Å². The van der Waals surface area contributed by atoms with Crippen LogP contribution in [0.3, 0.4) is 0 Å². The minimum absolute atomic E-state index is 0.278. The molecule has 118 valence electrons. The lowest BCUT2D eigenvalue weighted by molar-refractivity contribution is 0.103. The van der Waals surface area contributed by atoms with Crippen molar-refractivity contribution in [3.8, 4) is 5.75 Å². The van der Waals surface area contributed by atoms with Gasteiger partial charge in [0, 0.05) is 10.1 Å². The van der Waals surface area contributed by atoms with Crippen molar-refractivity contribution in [1.82, 2.24) is 0 Å². The number of carbonyl (C=O) groups excluding carboxylic acids is 1. The van der Waals surface area contributed by atoms with Gasteiger partial charge < -0.3 is 10.1 Å². The van der Waals surface area contributed by atoms with E-state index in [4.69, 9.17) is 27.9 Å². The molecule has 2 aromatic carbocycles. The van der Waals surface area contributed by atoms with Crippen LogP contribution in [0.2, 0.25) is 10.0 Å². The molecule has 0 bridgehead atoms. The number of halogens is 2. The Kier molecular flexibility index (Phi) is 4.76. The molecule has 1 amide bonds. The van der Waals surface area contributed by atoms with E-state index in [0.717, 1.165) is 10.1 Å². The fourth-order valence-corrected chi connectivity index (χ4v) is 3.88. The molecule has 1 aromatic heterocycles. The highest BCUT2D eigenvalue weighted by Crippen LogP contribution is 2.37. The zero-order valence-corrected chi connectivity index (χ0v) is 14.6. The Hall–Kier alpha value is -1.75. The number of hydrogen-bond acceptors (Lipinski definition) is 3. The number of carbonyl (C=O) groups is 1. The fourth-order valence-electron chi connectivity index (χ4n) is 2.24. The Morgan fingerprint density at radius 2 is 1.96 bits per heavy atom. The van der Waals surface area contributed by atoms with Gasteiger partial charge in [-0.2, -0.15) is 0 Å². The lowest BCUT2D eigenvalue weighted by atomic mass is 10.2. The molecule has 0 radical (unpaired) electrons. The highest BCUT2D eigenvalue weighted by atomic mass is 35.5. The van der Waals surface area contributed by atoms with Crippen LogP contribution in [0.1, 0.15) is 16.6 Å². The van der Waals surface area contributed by atoms with E-state index in [9.17, 15) is 4.79 Å². The van der Waals surface area contributed by atoms with Gasteiger partial charge >= 0.3 is 0 Å². The number of thiophene rings is 1. The van der Waals surface area contributed by atoms with E-state index in [1.54, 1.807) is 18.2 Å². The number of ether oxygens (including phenoxy) is 1. The van der Waals surface area contributed by atoms with Crippen LogP contribution < -0.4 is 10.1 Å². The van der Waals surface area contributed by atoms with Crippen LogP contribution in [0.25, 0.3) is 10.1 Å². The number of amides is 1. The molecule has 0 unspecified atom stereocenters. The van der Waals surface area contributed by atoms with Gasteiger partial charge in [-0.05, 0) is 25.1 Å². The molecular formula is C17H13Cl2NO2S. The first-order chi connectivity index (χ1) is 11.1. The number of para-hydroxylation sites is 1. The first kappa shape index (κ1) is 16.1. The summed E-state index contributed by atoms with van der Waals surface area (Å²) in [4.78, 5) is 13.1. The number of nitrogens with one attached hydrogen (secondary N) is 1. The zero-order valence-electron chi connectivity index (χ0n) is 12.2. The Balaban J connectivity index is 1.95. The first-order valence-corrected chi connectivity index (χ1v) is 8.58. The van der Waals surface area contributed by atoms with Crippen molar-refractivity contribution in [2.24, 2.45) is 0 Å². The molecule has 0 saturated carbocycles. The third-order valence-electron chi connectivity index (χ3n) is 3.24. The standard InChI is InChI=1S/C17H13Cl2NO2S/c1-2-22-15-11(18)7-5-8-12(15)20-17(21)16-14(19)10-6-3-4-9-13(10)23-16/h3-9H,2H2,1H3,(H,20,21). The molecule has 1 N–H and O–H groups in total. The molecule has 0 spiro atoms. The molecule has 0 aliphatic heterocycles. The average Bonchev–Trinajstić information content (AvgIpc) is 2.88. The topological polar surface area (TPSA) is 38.3 Å². The lowest BCUT2D eigenvalue weighted by Crippen LogP contribution is -2.12. The van der Waals surface area contributed by atoms with Crippen LogP contribution in [0.5, 0.6) is 5.75 Å². The molecule has 3 rings (SSSR count). The summed E-state index contributed by atoms with van der Waals surface area (Å²) in [5.74, 6) is 0.182. The second-order valence-corrected chi connectivity index (χ2v) is 6.58. The summed E-state index contributed by atoms with van der Waals surface area (Å²) in [6.45, 7) is 2.31. The second-order valence-electron chi connectivity index (χ2n) is 4.74. The predicted molar refractivity (Wildman–Crippen MR) is 97.4 cm³/mol. The molecular weight excluding hydrogens is 353 g/mol. The van der Waals surface area contributed by atoms with Gasteiger partial charge in [0.2, 0.25) is 0 Å². The van der Waals surface area contributed by atoms with Crippen LogP contribution in [0.15, 0.2) is 42.5 Å². The molecule has 3 nitrogen and oxygen atoms in total. The molecule has 1 heterocycles. The number of fused-ring (bicyclic) bond motifs is 1. The van der Waals surface area contributed by atoms with E-state index in [0.29, 0.717) is 33.0 Å². The Bertz CT molecular complexity index is 876. The maximum Gasteiger partial charge on any atom is 0.267 e. The molecule has 23 heavy (non-hydrogen) atoms. The molecule has 0 aliphatic rings. The summed E-state index contributed by atoms with van der Waals surface area (Å²) in [6, 6.07) is 12.9. The third kappa shape index (κ3) is 3.15. The average molecular weight is 366 g/mol. The summed E-state index contributed by atoms with van der Waals surface area (Å²) < 4.78 is 6.49. The Labute approximate surface area is 147 Å². The number of rotatable bonds is 4. The predicted octanol–water partition coefficient (Wildman–Crippen LogP) is 5.86. The van der Waals surface area contributed by atoms with Gasteiger partial charge in [0.1, 0.15) is 4.88 Å². The highest BCUT2D eigenvalue weighted by Gasteiger charge is 2.19. The van der Waals surface area contributed by atoms with Crippen molar-refractivity contribution >= 4 is 56.2 Å². The van der Waals surface area contributed by atoms with Crippen LogP contribution in [0.4, 0.5) is 5.69 Å². The summed E-state index contributed by atoms with van der Waals surface area (Å²) >= 11 is 13.8. The molecule has 6 heteroatoms. The summed E-state index contributed by atoms with van der Waals surface area (Å²) in [7, 11) is 0. The molecule has 0 aliphatic carbocycles. The highest BCUT2D eigenvalue weighted by molar-refractivity contribution is 7.21. The first-order valence-electron chi connectivity index (χ1n) is 7.01. The van der Waals surface area contributed by atoms with E-state index in [-0.39, 0.29) is 5.91 Å². The van der Waals surface area contributed by atoms with Crippen molar-refractivity contribution in [3.63, 3.8) is 0 Å². The SMILES string of the molecule is CCOc1c(Cl)cccc1NC(=O)c1sc2ccccc2c1Cl. The van der Waals surface area contributed by atoms with E-state index in [1.807, 2.05) is 31.2 Å². The smallest absolute Gasteiger partial charge is 0.267 e. The lowest BCUT2D eigenvalue weighted by Gasteiger charge is -2.12. The van der Waals surface area contributed by atoms with Crippen LogP contribution in [0, 0.1) is 0 Å². The Morgan fingerprint density at radius 1 is 1.17 bits per heavy atom. The maximum atomic E-state index is 12.6. The summed E-state index contributed by atoms with van der Waals surface area (Å²) in [5.41, 5.74) is 0.526. The van der Waals surface area contributed by atoms with E-state index in [1.165, 1.54) is 11.3 Å². The largest absolute Gasteiger partial charge is 0.490 e. The van der Waals surface area contributed by atoms with Crippen LogP contribution in [-0.2, 0) is 0 Å². The number of hydrogen-bond donors (Lipinski definition) is 1. The minimum Gasteiger partial charge on any atom is -0.490 e. The Morgan fingerprint density at radius 3 is 2.70 bits per heavy atom. The molecule has 0 saturated heterocycles. The molecule has 0 atom stereocenters. The van der Waals surface area contributed by atoms with Crippen molar-refractivity contribution in [3.05, 3.63) is 57.4 Å². The van der Waals surface area contributed by atoms with Crippen molar-refractivity contribution in [2.75, 3.05) is 11.9 Å². The number of benzene rings is 2. The van der Waals surface area contributed by atoms with E-state index >= 15 is 0 Å². The van der Waals surface area contributed by atoms with Gasteiger partial charge in [-0.3, -0.25) is 4.79 Å². The molecule has 3 aromatic rings. The monoisotopic (exact) mass is 365 g/mol. The normalized spacial score (nSPS) is 10.7. The minimum atomic E-state index is -0.278. The van der Waals surface area contributed by atoms with Crippen molar-refractivity contribution < 1.29 is 9.53 Å². The van der Waals surface area contributed by atoms with Crippen molar-refractivity contribution in [2.45, 2.75) is 6.92 Å². The van der Waals surface area contributed by atoms with Gasteiger partial charge in [-0.25, -0.2) is 0 Å². The summed E-state index contributed by atoms with van der Waals surface area (Å²) in [5, 5.41) is 4.62. The van der Waals surface area contributed by atoms with Gasteiger partial charge in [0.25, 0.3) is 5.91 Å². The van der Waals surface area contributed by atoms with Gasteiger partial charge in [-0.1, -0.05) is 47.5 Å².